The fraction of sp³-hybridized carbons (Fsp3) is 0.412. The Labute approximate surface area is 150 Å². The number of fused-ring (bicyclic) bond motifs is 1. The van der Waals surface area contributed by atoms with E-state index in [1.807, 2.05) is 19.0 Å². The molecule has 2 aromatic rings. The van der Waals surface area contributed by atoms with Crippen molar-refractivity contribution < 1.29 is 9.18 Å². The zero-order valence-corrected chi connectivity index (χ0v) is 14.8. The van der Waals surface area contributed by atoms with E-state index in [9.17, 15) is 14.0 Å². The number of carbonyl (C=O) groups excluding carboxylic acids is 1. The number of nitrogens with one attached hydrogen (secondary N) is 1. The van der Waals surface area contributed by atoms with Gasteiger partial charge in [0.1, 0.15) is 5.82 Å². The highest BCUT2D eigenvalue weighted by Crippen LogP contribution is 2.26. The molecule has 2 heterocycles. The highest BCUT2D eigenvalue weighted by molar-refractivity contribution is 5.91. The van der Waals surface area contributed by atoms with Crippen molar-refractivity contribution in [2.75, 3.05) is 38.6 Å². The lowest BCUT2D eigenvalue weighted by Gasteiger charge is -2.16. The highest BCUT2D eigenvalue weighted by Gasteiger charge is 2.27. The molecule has 8 nitrogen and oxygen atoms in total. The summed E-state index contributed by atoms with van der Waals surface area (Å²) in [4.78, 5) is 28.6. The Morgan fingerprint density at radius 2 is 1.96 bits per heavy atom. The lowest BCUT2D eigenvalue weighted by Crippen LogP contribution is -2.35. The SMILES string of the molecule is CN(C)CCCNC(=O)c1nnc2n(c1=O)CCN2c1ccc(F)cc1. The maximum atomic E-state index is 13.1. The fourth-order valence-electron chi connectivity index (χ4n) is 2.80. The maximum Gasteiger partial charge on any atom is 0.286 e. The topological polar surface area (TPSA) is 83.4 Å². The van der Waals surface area contributed by atoms with E-state index in [2.05, 4.69) is 15.5 Å². The van der Waals surface area contributed by atoms with E-state index >= 15 is 0 Å². The standard InChI is InChI=1S/C17H21FN6O2/c1-22(2)9-3-8-19-15(25)14-16(26)24-11-10-23(17(24)21-20-14)13-6-4-12(18)5-7-13/h4-7H,3,8-11H2,1-2H3,(H,19,25). The molecule has 0 saturated carbocycles. The monoisotopic (exact) mass is 360 g/mol. The lowest BCUT2D eigenvalue weighted by atomic mass is 10.3. The predicted molar refractivity (Wildman–Crippen MR) is 95.2 cm³/mol. The molecule has 0 bridgehead atoms. The minimum atomic E-state index is -0.517. The molecule has 0 unspecified atom stereocenters. The van der Waals surface area contributed by atoms with Gasteiger partial charge in [-0.2, -0.15) is 0 Å². The molecule has 1 amide bonds. The van der Waals surface area contributed by atoms with Crippen LogP contribution in [0.25, 0.3) is 0 Å². The van der Waals surface area contributed by atoms with Crippen LogP contribution in [-0.2, 0) is 6.54 Å². The van der Waals surface area contributed by atoms with Crippen molar-refractivity contribution in [2.24, 2.45) is 0 Å². The summed E-state index contributed by atoms with van der Waals surface area (Å²) in [6.45, 7) is 2.19. The quantitative estimate of drug-likeness (QED) is 0.760. The molecule has 0 fully saturated rings. The normalized spacial score (nSPS) is 13.2. The molecule has 1 aromatic carbocycles. The van der Waals surface area contributed by atoms with Crippen LogP contribution in [0.15, 0.2) is 29.1 Å². The fourth-order valence-corrected chi connectivity index (χ4v) is 2.80. The summed E-state index contributed by atoms with van der Waals surface area (Å²) in [5, 5.41) is 10.6. The van der Waals surface area contributed by atoms with Gasteiger partial charge in [-0.05, 0) is 51.3 Å². The number of aromatic nitrogens is 3. The molecule has 9 heteroatoms. The van der Waals surface area contributed by atoms with E-state index in [4.69, 9.17) is 0 Å². The van der Waals surface area contributed by atoms with Crippen LogP contribution in [0.1, 0.15) is 16.9 Å². The van der Waals surface area contributed by atoms with Crippen LogP contribution >= 0.6 is 0 Å². The van der Waals surface area contributed by atoms with Crippen LogP contribution in [0.3, 0.4) is 0 Å². The molecule has 0 saturated heterocycles. The van der Waals surface area contributed by atoms with Crippen molar-refractivity contribution in [1.29, 1.82) is 0 Å². The molecular formula is C17H21FN6O2. The molecule has 26 heavy (non-hydrogen) atoms. The van der Waals surface area contributed by atoms with Crippen LogP contribution in [0.4, 0.5) is 16.0 Å². The zero-order valence-electron chi connectivity index (χ0n) is 14.8. The number of hydrogen-bond acceptors (Lipinski definition) is 6. The number of halogens is 1. The summed E-state index contributed by atoms with van der Waals surface area (Å²) in [7, 11) is 3.90. The Kier molecular flexibility index (Phi) is 5.27. The third-order valence-corrected chi connectivity index (χ3v) is 4.14. The molecular weight excluding hydrogens is 339 g/mol. The van der Waals surface area contributed by atoms with Crippen molar-refractivity contribution in [1.82, 2.24) is 25.0 Å². The second-order valence-electron chi connectivity index (χ2n) is 6.35. The van der Waals surface area contributed by atoms with Gasteiger partial charge in [0.05, 0.1) is 0 Å². The Balaban J connectivity index is 1.76. The molecule has 1 N–H and O–H groups in total. The number of hydrogen-bond donors (Lipinski definition) is 1. The van der Waals surface area contributed by atoms with Gasteiger partial charge in [0.15, 0.2) is 0 Å². The van der Waals surface area contributed by atoms with Gasteiger partial charge in [-0.15, -0.1) is 10.2 Å². The second-order valence-corrected chi connectivity index (χ2v) is 6.35. The minimum Gasteiger partial charge on any atom is -0.350 e. The van der Waals surface area contributed by atoms with Crippen LogP contribution in [0, 0.1) is 5.82 Å². The molecule has 0 atom stereocenters. The Hall–Kier alpha value is -2.81. The molecule has 1 aliphatic heterocycles. The molecule has 0 spiro atoms. The Morgan fingerprint density at radius 3 is 2.65 bits per heavy atom. The number of amides is 1. The van der Waals surface area contributed by atoms with Gasteiger partial charge in [-0.25, -0.2) is 4.39 Å². The average Bonchev–Trinajstić information content (AvgIpc) is 3.04. The number of rotatable bonds is 6. The first-order valence-electron chi connectivity index (χ1n) is 8.41. The summed E-state index contributed by atoms with van der Waals surface area (Å²) in [6.07, 6.45) is 0.775. The molecule has 0 radical (unpaired) electrons. The van der Waals surface area contributed by atoms with Crippen LogP contribution in [-0.4, -0.2) is 59.3 Å². The third kappa shape index (κ3) is 3.72. The first-order chi connectivity index (χ1) is 12.5. The Bertz CT molecular complexity index is 849. The van der Waals surface area contributed by atoms with Crippen molar-refractivity contribution in [3.8, 4) is 0 Å². The van der Waals surface area contributed by atoms with Gasteiger partial charge in [0, 0.05) is 25.3 Å². The summed E-state index contributed by atoms with van der Waals surface area (Å²) < 4.78 is 14.5. The van der Waals surface area contributed by atoms with E-state index < -0.39 is 11.5 Å². The van der Waals surface area contributed by atoms with E-state index in [0.717, 1.165) is 13.0 Å². The molecule has 1 aliphatic rings. The van der Waals surface area contributed by atoms with Gasteiger partial charge in [0.2, 0.25) is 11.6 Å². The van der Waals surface area contributed by atoms with Crippen LogP contribution in [0.2, 0.25) is 0 Å². The zero-order chi connectivity index (χ0) is 18.7. The van der Waals surface area contributed by atoms with Crippen molar-refractivity contribution in [3.63, 3.8) is 0 Å². The minimum absolute atomic E-state index is 0.209. The molecule has 3 rings (SSSR count). The number of nitrogens with zero attached hydrogens (tertiary/aromatic N) is 5. The van der Waals surface area contributed by atoms with Crippen LogP contribution in [0.5, 0.6) is 0 Å². The van der Waals surface area contributed by atoms with E-state index in [0.29, 0.717) is 31.3 Å². The largest absolute Gasteiger partial charge is 0.350 e. The van der Waals surface area contributed by atoms with Crippen molar-refractivity contribution in [2.45, 2.75) is 13.0 Å². The van der Waals surface area contributed by atoms with Crippen LogP contribution < -0.4 is 15.8 Å². The van der Waals surface area contributed by atoms with E-state index in [-0.39, 0.29) is 11.5 Å². The average molecular weight is 360 g/mol. The smallest absolute Gasteiger partial charge is 0.286 e. The summed E-state index contributed by atoms with van der Waals surface area (Å²) in [6, 6.07) is 5.92. The van der Waals surface area contributed by atoms with Crippen molar-refractivity contribution >= 4 is 17.5 Å². The highest BCUT2D eigenvalue weighted by atomic mass is 19.1. The Morgan fingerprint density at radius 1 is 1.23 bits per heavy atom. The van der Waals surface area contributed by atoms with E-state index in [1.165, 1.54) is 16.7 Å². The summed E-state index contributed by atoms with van der Waals surface area (Å²) >= 11 is 0. The first kappa shape index (κ1) is 18.0. The van der Waals surface area contributed by atoms with Gasteiger partial charge in [-0.1, -0.05) is 0 Å². The summed E-state index contributed by atoms with van der Waals surface area (Å²) in [5.74, 6) is -0.500. The predicted octanol–water partition coefficient (Wildman–Crippen LogP) is 0.611. The first-order valence-corrected chi connectivity index (χ1v) is 8.41. The third-order valence-electron chi connectivity index (χ3n) is 4.14. The number of carbonyl (C=O) groups is 1. The van der Waals surface area contributed by atoms with Gasteiger partial charge >= 0.3 is 0 Å². The van der Waals surface area contributed by atoms with Gasteiger partial charge in [0.25, 0.3) is 11.5 Å². The molecule has 138 valence electrons. The number of anilines is 2. The van der Waals surface area contributed by atoms with Gasteiger partial charge < -0.3 is 15.1 Å². The van der Waals surface area contributed by atoms with Crippen molar-refractivity contribution in [3.05, 3.63) is 46.1 Å². The molecule has 0 aliphatic carbocycles. The lowest BCUT2D eigenvalue weighted by molar-refractivity contribution is 0.0944. The summed E-state index contributed by atoms with van der Waals surface area (Å²) in [5.41, 5.74) is 0.0384. The molecule has 1 aromatic heterocycles. The van der Waals surface area contributed by atoms with Gasteiger partial charge in [-0.3, -0.25) is 14.2 Å². The number of benzene rings is 1. The van der Waals surface area contributed by atoms with E-state index in [1.54, 1.807) is 17.0 Å². The second kappa shape index (κ2) is 7.61. The maximum absolute atomic E-state index is 13.1.